The third kappa shape index (κ3) is 3.29. The molecular weight excluding hydrogens is 308 g/mol. The number of nitrogens with one attached hydrogen (secondary N) is 1. The number of benzene rings is 1. The van der Waals surface area contributed by atoms with Gasteiger partial charge in [-0.2, -0.15) is 0 Å². The highest BCUT2D eigenvalue weighted by molar-refractivity contribution is 5.96. The molecular formula is C21H25N4+. The van der Waals surface area contributed by atoms with E-state index in [0.29, 0.717) is 5.84 Å². The quantitative estimate of drug-likeness (QED) is 0.445. The standard InChI is InChI=1S/C21H25N4/c1-23-13-10-20-19(16-23)9-14-25(20)15-17-5-7-18(8-6-17)21(22)24-11-3-2-4-12-24/h5-10,13-14,16,22H,2-4,11-12,15H2,1H3/q+1. The summed E-state index contributed by atoms with van der Waals surface area (Å²) in [5.74, 6) is 0.671. The Morgan fingerprint density at radius 3 is 2.56 bits per heavy atom. The van der Waals surface area contributed by atoms with E-state index in [9.17, 15) is 0 Å². The maximum atomic E-state index is 8.44. The Bertz CT molecular complexity index is 886. The van der Waals surface area contributed by atoms with Gasteiger partial charge in [0.05, 0.1) is 10.9 Å². The number of hydrogen-bond acceptors (Lipinski definition) is 1. The predicted molar refractivity (Wildman–Crippen MR) is 101 cm³/mol. The SMILES string of the molecule is C[n+]1ccc2c(ccn2Cc2ccc(C(=N)N3CCCCC3)cc2)c1. The summed E-state index contributed by atoms with van der Waals surface area (Å²) in [6.07, 6.45) is 10.1. The second-order valence-corrected chi connectivity index (χ2v) is 6.99. The van der Waals surface area contributed by atoms with Crippen LogP contribution in [0.2, 0.25) is 0 Å². The Morgan fingerprint density at radius 2 is 1.80 bits per heavy atom. The van der Waals surface area contributed by atoms with E-state index in [1.807, 2.05) is 7.05 Å². The van der Waals surface area contributed by atoms with Gasteiger partial charge in [0, 0.05) is 37.5 Å². The van der Waals surface area contributed by atoms with E-state index in [1.165, 1.54) is 35.7 Å². The number of aromatic nitrogens is 2. The Balaban J connectivity index is 1.50. The zero-order chi connectivity index (χ0) is 17.2. The van der Waals surface area contributed by atoms with Crippen LogP contribution in [0.25, 0.3) is 10.9 Å². The van der Waals surface area contributed by atoms with Gasteiger partial charge in [0.25, 0.3) is 0 Å². The van der Waals surface area contributed by atoms with Gasteiger partial charge in [-0.3, -0.25) is 5.41 Å². The fourth-order valence-electron chi connectivity index (χ4n) is 3.66. The number of rotatable bonds is 3. The normalized spacial score (nSPS) is 14.8. The number of piperidine rings is 1. The van der Waals surface area contributed by atoms with Crippen LogP contribution >= 0.6 is 0 Å². The molecule has 4 heteroatoms. The molecule has 4 rings (SSSR count). The molecule has 0 spiro atoms. The van der Waals surface area contributed by atoms with E-state index in [-0.39, 0.29) is 0 Å². The van der Waals surface area contributed by atoms with Crippen LogP contribution in [0.1, 0.15) is 30.4 Å². The summed E-state index contributed by atoms with van der Waals surface area (Å²) in [6.45, 7) is 2.90. The Labute approximate surface area is 148 Å². The molecule has 3 heterocycles. The third-order valence-electron chi connectivity index (χ3n) is 5.10. The van der Waals surface area contributed by atoms with E-state index < -0.39 is 0 Å². The first-order valence-electron chi connectivity index (χ1n) is 9.08. The largest absolute Gasteiger partial charge is 0.357 e. The lowest BCUT2D eigenvalue weighted by atomic mass is 10.1. The van der Waals surface area contributed by atoms with Crippen LogP contribution in [0.5, 0.6) is 0 Å². The maximum absolute atomic E-state index is 8.44. The fraction of sp³-hybridized carbons (Fsp3) is 0.333. The number of pyridine rings is 1. The number of aryl methyl sites for hydroxylation is 1. The van der Waals surface area contributed by atoms with Crippen LogP contribution in [0.3, 0.4) is 0 Å². The average Bonchev–Trinajstić information content (AvgIpc) is 3.04. The molecule has 2 aromatic heterocycles. The molecule has 0 bridgehead atoms. The van der Waals surface area contributed by atoms with Gasteiger partial charge in [-0.05, 0) is 30.9 Å². The van der Waals surface area contributed by atoms with E-state index in [4.69, 9.17) is 5.41 Å². The first-order valence-corrected chi connectivity index (χ1v) is 9.08. The van der Waals surface area contributed by atoms with Crippen molar-refractivity contribution in [1.29, 1.82) is 5.41 Å². The molecule has 0 atom stereocenters. The lowest BCUT2D eigenvalue weighted by molar-refractivity contribution is -0.670. The fourth-order valence-corrected chi connectivity index (χ4v) is 3.66. The number of amidine groups is 1. The van der Waals surface area contributed by atoms with Gasteiger partial charge < -0.3 is 9.47 Å². The van der Waals surface area contributed by atoms with Crippen molar-refractivity contribution in [2.24, 2.45) is 7.05 Å². The molecule has 3 aromatic rings. The zero-order valence-electron chi connectivity index (χ0n) is 14.8. The van der Waals surface area contributed by atoms with Gasteiger partial charge >= 0.3 is 0 Å². The van der Waals surface area contributed by atoms with Crippen molar-refractivity contribution in [3.8, 4) is 0 Å². The molecule has 1 aliphatic heterocycles. The Morgan fingerprint density at radius 1 is 1.04 bits per heavy atom. The average molecular weight is 333 g/mol. The summed E-state index contributed by atoms with van der Waals surface area (Å²) in [7, 11) is 2.05. The highest BCUT2D eigenvalue weighted by Gasteiger charge is 2.15. The van der Waals surface area contributed by atoms with Crippen molar-refractivity contribution in [3.63, 3.8) is 0 Å². The summed E-state index contributed by atoms with van der Waals surface area (Å²) in [4.78, 5) is 2.21. The molecule has 25 heavy (non-hydrogen) atoms. The Hall–Kier alpha value is -2.62. The van der Waals surface area contributed by atoms with Gasteiger partial charge in [-0.1, -0.05) is 24.3 Å². The van der Waals surface area contributed by atoms with Crippen molar-refractivity contribution >= 4 is 16.7 Å². The molecule has 1 aromatic carbocycles. The second kappa shape index (κ2) is 6.71. The molecule has 4 nitrogen and oxygen atoms in total. The highest BCUT2D eigenvalue weighted by atomic mass is 15.2. The van der Waals surface area contributed by atoms with Gasteiger partial charge in [0.15, 0.2) is 12.4 Å². The maximum Gasteiger partial charge on any atom is 0.177 e. The summed E-state index contributed by atoms with van der Waals surface area (Å²) in [6, 6.07) is 12.8. The van der Waals surface area contributed by atoms with Gasteiger partial charge in [0.1, 0.15) is 12.9 Å². The smallest absolute Gasteiger partial charge is 0.177 e. The zero-order valence-corrected chi connectivity index (χ0v) is 14.8. The van der Waals surface area contributed by atoms with Crippen molar-refractivity contribution in [2.45, 2.75) is 25.8 Å². The minimum absolute atomic E-state index is 0.671. The third-order valence-corrected chi connectivity index (χ3v) is 5.10. The summed E-state index contributed by atoms with van der Waals surface area (Å²) >= 11 is 0. The van der Waals surface area contributed by atoms with Crippen LogP contribution < -0.4 is 4.57 Å². The van der Waals surface area contributed by atoms with Crippen LogP contribution in [0.4, 0.5) is 0 Å². The number of nitrogens with zero attached hydrogens (tertiary/aromatic N) is 3. The predicted octanol–water partition coefficient (Wildman–Crippen LogP) is 3.33. The van der Waals surface area contributed by atoms with E-state index in [1.54, 1.807) is 0 Å². The molecule has 0 amide bonds. The van der Waals surface area contributed by atoms with E-state index in [2.05, 4.69) is 69.0 Å². The second-order valence-electron chi connectivity index (χ2n) is 6.99. The number of likely N-dealkylation sites (tertiary alicyclic amines) is 1. The molecule has 0 aliphatic carbocycles. The summed E-state index contributed by atoms with van der Waals surface area (Å²) < 4.78 is 4.36. The highest BCUT2D eigenvalue weighted by Crippen LogP contribution is 2.17. The number of hydrogen-bond donors (Lipinski definition) is 1. The van der Waals surface area contributed by atoms with Crippen molar-refractivity contribution in [2.75, 3.05) is 13.1 Å². The van der Waals surface area contributed by atoms with Gasteiger partial charge in [-0.25, -0.2) is 4.57 Å². The Kier molecular flexibility index (Phi) is 4.26. The minimum atomic E-state index is 0.671. The van der Waals surface area contributed by atoms with Crippen LogP contribution in [-0.4, -0.2) is 28.4 Å². The van der Waals surface area contributed by atoms with E-state index >= 15 is 0 Å². The van der Waals surface area contributed by atoms with Crippen molar-refractivity contribution < 1.29 is 4.57 Å². The monoisotopic (exact) mass is 333 g/mol. The minimum Gasteiger partial charge on any atom is -0.357 e. The molecule has 1 fully saturated rings. The summed E-state index contributed by atoms with van der Waals surface area (Å²) in [5.41, 5.74) is 3.54. The molecule has 1 aliphatic rings. The van der Waals surface area contributed by atoms with E-state index in [0.717, 1.165) is 25.2 Å². The molecule has 1 saturated heterocycles. The van der Waals surface area contributed by atoms with Gasteiger partial charge in [0.2, 0.25) is 0 Å². The molecule has 0 radical (unpaired) electrons. The van der Waals surface area contributed by atoms with Crippen molar-refractivity contribution in [3.05, 3.63) is 66.1 Å². The molecule has 1 N–H and O–H groups in total. The molecule has 0 unspecified atom stereocenters. The molecule has 0 saturated carbocycles. The topological polar surface area (TPSA) is 35.9 Å². The van der Waals surface area contributed by atoms with Crippen LogP contribution in [0.15, 0.2) is 55.0 Å². The van der Waals surface area contributed by atoms with Crippen LogP contribution in [-0.2, 0) is 13.6 Å². The van der Waals surface area contributed by atoms with Crippen molar-refractivity contribution in [1.82, 2.24) is 9.47 Å². The van der Waals surface area contributed by atoms with Crippen LogP contribution in [0, 0.1) is 5.41 Å². The number of fused-ring (bicyclic) bond motifs is 1. The first-order chi connectivity index (χ1) is 12.2. The lowest BCUT2D eigenvalue weighted by Crippen LogP contribution is -2.35. The van der Waals surface area contributed by atoms with Gasteiger partial charge in [-0.15, -0.1) is 0 Å². The summed E-state index contributed by atoms with van der Waals surface area (Å²) in [5, 5.41) is 9.70. The molecule has 128 valence electrons. The first kappa shape index (κ1) is 15.9. The lowest BCUT2D eigenvalue weighted by Gasteiger charge is -2.29.